The Morgan fingerprint density at radius 1 is 1.47 bits per heavy atom. The van der Waals surface area contributed by atoms with Crippen LogP contribution in [-0.2, 0) is 19.1 Å². The van der Waals surface area contributed by atoms with Crippen molar-refractivity contribution in [3.8, 4) is 12.3 Å². The first-order valence-corrected chi connectivity index (χ1v) is 6.57. The van der Waals surface area contributed by atoms with Gasteiger partial charge in [0.15, 0.2) is 0 Å². The number of hydrogen-bond donors (Lipinski definition) is 0. The minimum absolute atomic E-state index is 0.0302. The number of methoxy groups -OCH3 is 1. The molecule has 19 heavy (non-hydrogen) atoms. The molecule has 1 aliphatic heterocycles. The lowest BCUT2D eigenvalue weighted by atomic mass is 10.2. The van der Waals surface area contributed by atoms with E-state index >= 15 is 0 Å². The van der Waals surface area contributed by atoms with E-state index < -0.39 is 0 Å². The summed E-state index contributed by atoms with van der Waals surface area (Å²) in [7, 11) is 1.34. The first-order chi connectivity index (χ1) is 9.17. The number of carbonyl (C=O) groups excluding carboxylic acids is 2. The molecule has 1 unspecified atom stereocenters. The molecule has 1 fully saturated rings. The molecule has 1 rings (SSSR count). The third-order valence-electron chi connectivity index (χ3n) is 3.10. The van der Waals surface area contributed by atoms with Gasteiger partial charge in [-0.1, -0.05) is 0 Å². The van der Waals surface area contributed by atoms with Crippen molar-refractivity contribution in [1.82, 2.24) is 4.90 Å². The molecule has 1 aliphatic rings. The van der Waals surface area contributed by atoms with Crippen LogP contribution in [0.3, 0.4) is 0 Å². The van der Waals surface area contributed by atoms with Gasteiger partial charge in [0.2, 0.25) is 5.91 Å². The summed E-state index contributed by atoms with van der Waals surface area (Å²) in [5.74, 6) is 2.11. The second-order valence-electron chi connectivity index (χ2n) is 4.51. The topological polar surface area (TPSA) is 55.8 Å². The van der Waals surface area contributed by atoms with Gasteiger partial charge in [0, 0.05) is 32.5 Å². The Morgan fingerprint density at radius 3 is 2.84 bits per heavy atom. The summed E-state index contributed by atoms with van der Waals surface area (Å²) in [6.45, 7) is 1.63. The Morgan fingerprint density at radius 2 is 2.26 bits per heavy atom. The predicted molar refractivity (Wildman–Crippen MR) is 70.3 cm³/mol. The van der Waals surface area contributed by atoms with Crippen LogP contribution in [0.1, 0.15) is 32.1 Å². The van der Waals surface area contributed by atoms with Crippen LogP contribution in [0.2, 0.25) is 0 Å². The molecule has 0 spiro atoms. The number of carbonyl (C=O) groups is 2. The normalized spacial score (nSPS) is 17.8. The van der Waals surface area contributed by atoms with E-state index in [0.717, 1.165) is 19.4 Å². The zero-order valence-corrected chi connectivity index (χ0v) is 11.4. The lowest BCUT2D eigenvalue weighted by Crippen LogP contribution is -2.38. The van der Waals surface area contributed by atoms with Gasteiger partial charge in [-0.05, 0) is 12.8 Å². The van der Waals surface area contributed by atoms with Crippen molar-refractivity contribution < 1.29 is 19.1 Å². The molecule has 1 amide bonds. The standard InChI is InChI=1S/C14H21NO4/c1-3-4-7-13(16)15(9-8-14(17)18-2)11-12-6-5-10-19-12/h1,12H,4-11H2,2H3. The van der Waals surface area contributed by atoms with Crippen molar-refractivity contribution in [2.75, 3.05) is 26.8 Å². The van der Waals surface area contributed by atoms with E-state index in [-0.39, 0.29) is 24.4 Å². The lowest BCUT2D eigenvalue weighted by Gasteiger charge is -2.25. The zero-order valence-electron chi connectivity index (χ0n) is 11.4. The molecular formula is C14H21NO4. The van der Waals surface area contributed by atoms with Crippen LogP contribution in [0.15, 0.2) is 0 Å². The third kappa shape index (κ3) is 5.75. The van der Waals surface area contributed by atoms with Gasteiger partial charge in [-0.3, -0.25) is 9.59 Å². The van der Waals surface area contributed by atoms with Crippen molar-refractivity contribution in [1.29, 1.82) is 0 Å². The van der Waals surface area contributed by atoms with E-state index in [1.165, 1.54) is 7.11 Å². The van der Waals surface area contributed by atoms with Gasteiger partial charge in [-0.15, -0.1) is 12.3 Å². The monoisotopic (exact) mass is 267 g/mol. The van der Waals surface area contributed by atoms with E-state index in [9.17, 15) is 9.59 Å². The largest absolute Gasteiger partial charge is 0.469 e. The van der Waals surface area contributed by atoms with E-state index in [1.807, 2.05) is 0 Å². The van der Waals surface area contributed by atoms with Gasteiger partial charge >= 0.3 is 5.97 Å². The maximum absolute atomic E-state index is 12.0. The molecule has 5 nitrogen and oxygen atoms in total. The zero-order chi connectivity index (χ0) is 14.1. The van der Waals surface area contributed by atoms with Crippen LogP contribution in [-0.4, -0.2) is 49.7 Å². The van der Waals surface area contributed by atoms with Crippen LogP contribution >= 0.6 is 0 Å². The summed E-state index contributed by atoms with van der Waals surface area (Å²) in [4.78, 5) is 24.8. The Kier molecular flexibility index (Phi) is 6.98. The van der Waals surface area contributed by atoms with Crippen molar-refractivity contribution in [2.45, 2.75) is 38.2 Å². The van der Waals surface area contributed by atoms with Crippen LogP contribution in [0.4, 0.5) is 0 Å². The molecule has 1 heterocycles. The number of esters is 1. The number of terminal acetylenes is 1. The molecule has 1 atom stereocenters. The fourth-order valence-corrected chi connectivity index (χ4v) is 2.02. The molecule has 0 N–H and O–H groups in total. The highest BCUT2D eigenvalue weighted by Crippen LogP contribution is 2.14. The van der Waals surface area contributed by atoms with Crippen molar-refractivity contribution >= 4 is 11.9 Å². The molecule has 0 bridgehead atoms. The molecule has 0 radical (unpaired) electrons. The maximum Gasteiger partial charge on any atom is 0.307 e. The summed E-state index contributed by atoms with van der Waals surface area (Å²) >= 11 is 0. The van der Waals surface area contributed by atoms with Crippen LogP contribution in [0.5, 0.6) is 0 Å². The van der Waals surface area contributed by atoms with Gasteiger partial charge in [0.05, 0.1) is 19.6 Å². The van der Waals surface area contributed by atoms with Crippen LogP contribution in [0, 0.1) is 12.3 Å². The Hall–Kier alpha value is -1.54. The van der Waals surface area contributed by atoms with Gasteiger partial charge in [0.25, 0.3) is 0 Å². The molecule has 0 aromatic heterocycles. The van der Waals surface area contributed by atoms with Crippen LogP contribution in [0.25, 0.3) is 0 Å². The van der Waals surface area contributed by atoms with Crippen molar-refractivity contribution in [3.05, 3.63) is 0 Å². The molecule has 1 saturated heterocycles. The quantitative estimate of drug-likeness (QED) is 0.509. The van der Waals surface area contributed by atoms with Gasteiger partial charge in [0.1, 0.15) is 0 Å². The Balaban J connectivity index is 2.48. The van der Waals surface area contributed by atoms with Gasteiger partial charge in [-0.25, -0.2) is 0 Å². The second kappa shape index (κ2) is 8.54. The number of hydrogen-bond acceptors (Lipinski definition) is 4. The van der Waals surface area contributed by atoms with Crippen molar-refractivity contribution in [2.24, 2.45) is 0 Å². The number of amides is 1. The minimum Gasteiger partial charge on any atom is -0.469 e. The summed E-state index contributed by atoms with van der Waals surface area (Å²) in [6.07, 6.45) is 8.14. The van der Waals surface area contributed by atoms with E-state index in [2.05, 4.69) is 10.7 Å². The minimum atomic E-state index is -0.318. The summed E-state index contributed by atoms with van der Waals surface area (Å²) in [6, 6.07) is 0. The number of ether oxygens (including phenoxy) is 2. The predicted octanol–water partition coefficient (Wildman–Crippen LogP) is 0.970. The first-order valence-electron chi connectivity index (χ1n) is 6.57. The molecule has 106 valence electrons. The summed E-state index contributed by atoms with van der Waals surface area (Å²) < 4.78 is 10.1. The fourth-order valence-electron chi connectivity index (χ4n) is 2.02. The van der Waals surface area contributed by atoms with Crippen molar-refractivity contribution in [3.63, 3.8) is 0 Å². The molecule has 0 aromatic carbocycles. The van der Waals surface area contributed by atoms with Gasteiger partial charge < -0.3 is 14.4 Å². The van der Waals surface area contributed by atoms with Gasteiger partial charge in [-0.2, -0.15) is 0 Å². The fraction of sp³-hybridized carbons (Fsp3) is 0.714. The first kappa shape index (κ1) is 15.5. The molecule has 0 aromatic rings. The van der Waals surface area contributed by atoms with Crippen LogP contribution < -0.4 is 0 Å². The Bertz CT molecular complexity index is 342. The smallest absolute Gasteiger partial charge is 0.307 e. The third-order valence-corrected chi connectivity index (χ3v) is 3.10. The molecule has 0 saturated carbocycles. The van der Waals surface area contributed by atoms with E-state index in [1.54, 1.807) is 4.90 Å². The maximum atomic E-state index is 12.0. The summed E-state index contributed by atoms with van der Waals surface area (Å²) in [5.41, 5.74) is 0. The molecule has 0 aliphatic carbocycles. The van der Waals surface area contributed by atoms with E-state index in [4.69, 9.17) is 11.2 Å². The second-order valence-corrected chi connectivity index (χ2v) is 4.51. The SMILES string of the molecule is C#CCCC(=O)N(CCC(=O)OC)CC1CCCO1. The highest BCUT2D eigenvalue weighted by Gasteiger charge is 2.22. The molecular weight excluding hydrogens is 246 g/mol. The molecule has 5 heteroatoms. The summed E-state index contributed by atoms with van der Waals surface area (Å²) in [5, 5.41) is 0. The highest BCUT2D eigenvalue weighted by atomic mass is 16.5. The average Bonchev–Trinajstić information content (AvgIpc) is 2.93. The number of rotatable bonds is 7. The Labute approximate surface area is 114 Å². The lowest BCUT2D eigenvalue weighted by molar-refractivity contribution is -0.142. The number of nitrogens with zero attached hydrogens (tertiary/aromatic N) is 1. The highest BCUT2D eigenvalue weighted by molar-refractivity contribution is 5.77. The average molecular weight is 267 g/mol. The van der Waals surface area contributed by atoms with E-state index in [0.29, 0.717) is 25.9 Å².